The van der Waals surface area contributed by atoms with Crippen LogP contribution in [0.15, 0.2) is 42.5 Å². The van der Waals surface area contributed by atoms with Gasteiger partial charge in [0.05, 0.1) is 12.5 Å². The number of carbonyl (C=O) groups is 1. The summed E-state index contributed by atoms with van der Waals surface area (Å²) >= 11 is 12.0. The Bertz CT molecular complexity index is 663. The van der Waals surface area contributed by atoms with Gasteiger partial charge >= 0.3 is 5.97 Å². The highest BCUT2D eigenvalue weighted by Crippen LogP contribution is 2.28. The van der Waals surface area contributed by atoms with E-state index in [4.69, 9.17) is 28.3 Å². The smallest absolute Gasteiger partial charge is 0.305 e. The van der Waals surface area contributed by atoms with Gasteiger partial charge in [0.2, 0.25) is 0 Å². The minimum Gasteiger partial charge on any atom is -0.481 e. The Morgan fingerprint density at radius 1 is 1.04 bits per heavy atom. The third-order valence-electron chi connectivity index (χ3n) is 3.75. The number of carboxylic acid groups (broad SMARTS) is 1. The number of halogens is 2. The number of carboxylic acids is 1. The molecule has 0 fully saturated rings. The quantitative estimate of drug-likeness (QED) is 0.793. The Kier molecular flexibility index (Phi) is 6.05. The van der Waals surface area contributed by atoms with E-state index < -0.39 is 12.1 Å². The van der Waals surface area contributed by atoms with E-state index in [1.165, 1.54) is 0 Å². The minimum absolute atomic E-state index is 0.127. The summed E-state index contributed by atoms with van der Waals surface area (Å²) in [5, 5.41) is 19.7. The summed E-state index contributed by atoms with van der Waals surface area (Å²) in [6, 6.07) is 13.2. The summed E-state index contributed by atoms with van der Waals surface area (Å²) in [7, 11) is 0. The Morgan fingerprint density at radius 2 is 1.61 bits per heavy atom. The molecule has 2 N–H and O–H groups in total. The molecule has 0 amide bonds. The fraction of sp³-hybridized carbons (Fsp3) is 0.278. The zero-order valence-corrected chi connectivity index (χ0v) is 14.2. The number of benzene rings is 2. The molecule has 0 saturated heterocycles. The van der Waals surface area contributed by atoms with Crippen molar-refractivity contribution < 1.29 is 15.0 Å². The molecule has 0 saturated carbocycles. The van der Waals surface area contributed by atoms with Crippen molar-refractivity contribution in [2.24, 2.45) is 5.92 Å². The van der Waals surface area contributed by atoms with Gasteiger partial charge in [-0.25, -0.2) is 0 Å². The fourth-order valence-corrected chi connectivity index (χ4v) is 2.97. The predicted molar refractivity (Wildman–Crippen MR) is 93.0 cm³/mol. The molecule has 0 spiro atoms. The summed E-state index contributed by atoms with van der Waals surface area (Å²) in [6.45, 7) is 1.85. The van der Waals surface area contributed by atoms with Crippen molar-refractivity contribution in [1.29, 1.82) is 0 Å². The predicted octanol–water partition coefficient (Wildman–Crippen LogP) is 4.67. The molecule has 0 aromatic heterocycles. The molecule has 2 rings (SSSR count). The molecule has 2 atom stereocenters. The van der Waals surface area contributed by atoms with Crippen LogP contribution in [0.25, 0.3) is 11.1 Å². The van der Waals surface area contributed by atoms with E-state index in [1.54, 1.807) is 6.07 Å². The zero-order valence-electron chi connectivity index (χ0n) is 12.7. The van der Waals surface area contributed by atoms with Gasteiger partial charge in [0.25, 0.3) is 0 Å². The van der Waals surface area contributed by atoms with Crippen LogP contribution in [0.1, 0.15) is 18.9 Å². The van der Waals surface area contributed by atoms with Gasteiger partial charge in [-0.1, -0.05) is 54.4 Å². The second kappa shape index (κ2) is 7.82. The molecule has 0 aliphatic heterocycles. The number of aliphatic hydroxyl groups is 1. The van der Waals surface area contributed by atoms with Crippen molar-refractivity contribution in [2.75, 3.05) is 0 Å². The fourth-order valence-electron chi connectivity index (χ4n) is 2.44. The van der Waals surface area contributed by atoms with Gasteiger partial charge in [0.15, 0.2) is 0 Å². The topological polar surface area (TPSA) is 57.5 Å². The lowest BCUT2D eigenvalue weighted by Gasteiger charge is -2.17. The van der Waals surface area contributed by atoms with Crippen molar-refractivity contribution in [3.63, 3.8) is 0 Å². The van der Waals surface area contributed by atoms with Gasteiger partial charge in [-0.2, -0.15) is 0 Å². The maximum absolute atomic E-state index is 10.6. The van der Waals surface area contributed by atoms with E-state index in [-0.39, 0.29) is 12.3 Å². The normalized spacial score (nSPS) is 13.6. The van der Waals surface area contributed by atoms with Gasteiger partial charge in [-0.15, -0.1) is 0 Å². The van der Waals surface area contributed by atoms with Gasteiger partial charge in [-0.3, -0.25) is 4.79 Å². The average Bonchev–Trinajstić information content (AvgIpc) is 2.46. The van der Waals surface area contributed by atoms with E-state index in [1.807, 2.05) is 43.3 Å². The minimum atomic E-state index is -0.988. The molecule has 0 aliphatic carbocycles. The molecule has 0 radical (unpaired) electrons. The van der Waals surface area contributed by atoms with Crippen LogP contribution < -0.4 is 0 Å². The van der Waals surface area contributed by atoms with Crippen LogP contribution in [0.2, 0.25) is 10.0 Å². The summed E-state index contributed by atoms with van der Waals surface area (Å²) in [6.07, 6.45) is -0.468. The van der Waals surface area contributed by atoms with Crippen LogP contribution in [0.3, 0.4) is 0 Å². The van der Waals surface area contributed by atoms with Crippen LogP contribution in [-0.2, 0) is 11.2 Å². The molecule has 3 nitrogen and oxygen atoms in total. The molecule has 122 valence electrons. The zero-order chi connectivity index (χ0) is 17.0. The van der Waals surface area contributed by atoms with E-state index in [0.29, 0.717) is 16.5 Å². The highest BCUT2D eigenvalue weighted by Gasteiger charge is 2.17. The Morgan fingerprint density at radius 3 is 2.13 bits per heavy atom. The SMILES string of the molecule is C[C@H](Cc1ccc(-c2cc(Cl)cc(Cl)c2)cc1)[C@@H](O)CC(=O)O. The lowest BCUT2D eigenvalue weighted by atomic mass is 9.93. The van der Waals surface area contributed by atoms with E-state index in [9.17, 15) is 9.90 Å². The van der Waals surface area contributed by atoms with E-state index in [2.05, 4.69) is 0 Å². The van der Waals surface area contributed by atoms with Crippen LogP contribution in [-0.4, -0.2) is 22.3 Å². The lowest BCUT2D eigenvalue weighted by Crippen LogP contribution is -2.23. The molecule has 2 aromatic carbocycles. The molecule has 0 bridgehead atoms. The molecule has 2 aromatic rings. The van der Waals surface area contributed by atoms with Crippen molar-refractivity contribution in [3.8, 4) is 11.1 Å². The highest BCUT2D eigenvalue weighted by atomic mass is 35.5. The van der Waals surface area contributed by atoms with Crippen molar-refractivity contribution in [1.82, 2.24) is 0 Å². The summed E-state index contributed by atoms with van der Waals surface area (Å²) < 4.78 is 0. The summed E-state index contributed by atoms with van der Waals surface area (Å²) in [4.78, 5) is 10.6. The molecule has 0 aliphatic rings. The number of hydrogen-bond donors (Lipinski definition) is 2. The first kappa shape index (κ1) is 17.8. The second-order valence-corrected chi connectivity index (χ2v) is 6.57. The van der Waals surface area contributed by atoms with Gasteiger partial charge in [0.1, 0.15) is 0 Å². The maximum Gasteiger partial charge on any atom is 0.305 e. The Hall–Kier alpha value is -1.55. The summed E-state index contributed by atoms with van der Waals surface area (Å²) in [5.74, 6) is -1.12. The molecular weight excluding hydrogens is 335 g/mol. The first-order valence-corrected chi connectivity index (χ1v) is 8.06. The van der Waals surface area contributed by atoms with Crippen molar-refractivity contribution in [2.45, 2.75) is 25.9 Å². The van der Waals surface area contributed by atoms with E-state index in [0.717, 1.165) is 16.7 Å². The van der Waals surface area contributed by atoms with E-state index >= 15 is 0 Å². The maximum atomic E-state index is 10.6. The van der Waals surface area contributed by atoms with Gasteiger partial charge in [-0.05, 0) is 47.2 Å². The monoisotopic (exact) mass is 352 g/mol. The number of aliphatic hydroxyl groups excluding tert-OH is 1. The third-order valence-corrected chi connectivity index (χ3v) is 4.18. The number of rotatable bonds is 6. The summed E-state index contributed by atoms with van der Waals surface area (Å²) in [5.41, 5.74) is 2.98. The van der Waals surface area contributed by atoms with Crippen molar-refractivity contribution >= 4 is 29.2 Å². The van der Waals surface area contributed by atoms with Crippen LogP contribution >= 0.6 is 23.2 Å². The third kappa shape index (κ3) is 5.24. The molecule has 0 unspecified atom stereocenters. The Balaban J connectivity index is 2.08. The molecule has 0 heterocycles. The number of hydrogen-bond acceptors (Lipinski definition) is 2. The average molecular weight is 353 g/mol. The molecule has 5 heteroatoms. The second-order valence-electron chi connectivity index (χ2n) is 5.70. The van der Waals surface area contributed by atoms with Crippen LogP contribution in [0.5, 0.6) is 0 Å². The van der Waals surface area contributed by atoms with Crippen LogP contribution in [0.4, 0.5) is 0 Å². The standard InChI is InChI=1S/C18H18Cl2O3/c1-11(17(21)10-18(22)23)6-12-2-4-13(5-3-12)14-7-15(19)9-16(20)8-14/h2-5,7-9,11,17,21H,6,10H2,1H3,(H,22,23)/t11-,17+/m1/s1. The molecular formula is C18H18Cl2O3. The number of aliphatic carboxylic acids is 1. The van der Waals surface area contributed by atoms with Gasteiger partial charge < -0.3 is 10.2 Å². The first-order valence-electron chi connectivity index (χ1n) is 7.30. The highest BCUT2D eigenvalue weighted by molar-refractivity contribution is 6.35. The molecule has 23 heavy (non-hydrogen) atoms. The largest absolute Gasteiger partial charge is 0.481 e. The Labute approximate surface area is 145 Å². The van der Waals surface area contributed by atoms with Crippen molar-refractivity contribution in [3.05, 3.63) is 58.1 Å². The first-order chi connectivity index (χ1) is 10.8. The van der Waals surface area contributed by atoms with Gasteiger partial charge in [0, 0.05) is 10.0 Å². The lowest BCUT2D eigenvalue weighted by molar-refractivity contribution is -0.139. The van der Waals surface area contributed by atoms with Crippen LogP contribution in [0, 0.1) is 5.92 Å².